The van der Waals surface area contributed by atoms with E-state index in [-0.39, 0.29) is 5.56 Å². The monoisotopic (exact) mass is 315 g/mol. The topological polar surface area (TPSA) is 21.7 Å². The summed E-state index contributed by atoms with van der Waals surface area (Å²) in [5.74, 6) is 0.483. The minimum Gasteiger partial charge on any atom is -0.381 e. The summed E-state index contributed by atoms with van der Waals surface area (Å²) in [7, 11) is 0. The van der Waals surface area contributed by atoms with Crippen molar-refractivity contribution in [2.45, 2.75) is 18.7 Å². The molecule has 0 N–H and O–H groups in total. The fraction of sp³-hybridized carbons (Fsp3) is 0.625. The Bertz CT molecular complexity index is 500. The van der Waals surface area contributed by atoms with Crippen LogP contribution in [-0.4, -0.2) is 44.4 Å². The number of rotatable bonds is 3. The van der Waals surface area contributed by atoms with Crippen LogP contribution < -0.4 is 0 Å². The van der Waals surface area contributed by atoms with E-state index in [1.807, 2.05) is 0 Å². The van der Waals surface area contributed by atoms with Gasteiger partial charge in [0.25, 0.3) is 0 Å². The smallest absolute Gasteiger partial charge is 0.381 e. The molecule has 2 aliphatic rings. The Balaban J connectivity index is 1.72. The van der Waals surface area contributed by atoms with Crippen LogP contribution in [0.2, 0.25) is 0 Å². The van der Waals surface area contributed by atoms with Gasteiger partial charge in [-0.3, -0.25) is 4.90 Å². The molecule has 22 heavy (non-hydrogen) atoms. The predicted molar refractivity (Wildman–Crippen MR) is 75.5 cm³/mol. The van der Waals surface area contributed by atoms with Gasteiger partial charge in [-0.15, -0.1) is 0 Å². The van der Waals surface area contributed by atoms with Crippen LogP contribution in [0.25, 0.3) is 0 Å². The van der Waals surface area contributed by atoms with E-state index in [0.29, 0.717) is 19.1 Å². The van der Waals surface area contributed by atoms with Gasteiger partial charge in [0.2, 0.25) is 0 Å². The average molecular weight is 315 g/mol. The third-order valence-corrected chi connectivity index (χ3v) is 4.30. The van der Waals surface area contributed by atoms with Crippen LogP contribution in [0, 0.1) is 5.92 Å². The molecule has 3 nitrogen and oxygen atoms in total. The molecule has 0 spiro atoms. The second-order valence-corrected chi connectivity index (χ2v) is 5.93. The molecule has 2 aliphatic heterocycles. The van der Waals surface area contributed by atoms with Gasteiger partial charge in [-0.25, -0.2) is 0 Å². The second kappa shape index (κ2) is 6.56. The highest BCUT2D eigenvalue weighted by Crippen LogP contribution is 2.36. The molecular weight excluding hydrogens is 295 g/mol. The van der Waals surface area contributed by atoms with Crippen LogP contribution in [0.5, 0.6) is 0 Å². The summed E-state index contributed by atoms with van der Waals surface area (Å²) in [6.07, 6.45) is -3.84. The molecule has 0 radical (unpaired) electrons. The molecule has 2 unspecified atom stereocenters. The summed E-state index contributed by atoms with van der Waals surface area (Å²) in [5.41, 5.74) is -0.353. The van der Waals surface area contributed by atoms with E-state index in [0.717, 1.165) is 38.8 Å². The number of benzene rings is 1. The molecule has 1 aromatic carbocycles. The highest BCUT2D eigenvalue weighted by atomic mass is 19.4. The Kier molecular flexibility index (Phi) is 4.70. The molecule has 122 valence electrons. The summed E-state index contributed by atoms with van der Waals surface area (Å²) >= 11 is 0. The summed E-state index contributed by atoms with van der Waals surface area (Å²) in [6.45, 7) is 4.14. The Morgan fingerprint density at radius 1 is 1.18 bits per heavy atom. The van der Waals surface area contributed by atoms with E-state index >= 15 is 0 Å². The van der Waals surface area contributed by atoms with E-state index < -0.39 is 17.8 Å². The van der Waals surface area contributed by atoms with Crippen LogP contribution in [0.15, 0.2) is 24.3 Å². The Labute approximate surface area is 128 Å². The van der Waals surface area contributed by atoms with E-state index in [1.54, 1.807) is 6.07 Å². The Morgan fingerprint density at radius 2 is 2.00 bits per heavy atom. The van der Waals surface area contributed by atoms with Crippen molar-refractivity contribution in [1.29, 1.82) is 0 Å². The first kappa shape index (κ1) is 15.8. The lowest BCUT2D eigenvalue weighted by Crippen LogP contribution is -2.41. The number of hydrogen-bond donors (Lipinski definition) is 0. The van der Waals surface area contributed by atoms with Crippen molar-refractivity contribution >= 4 is 0 Å². The normalized spacial score (nSPS) is 27.2. The first-order valence-corrected chi connectivity index (χ1v) is 7.62. The molecule has 1 aromatic rings. The molecular formula is C16H20F3NO2. The lowest BCUT2D eigenvalue weighted by atomic mass is 10.00. The zero-order valence-corrected chi connectivity index (χ0v) is 12.3. The third kappa shape index (κ3) is 3.62. The molecule has 6 heteroatoms. The molecule has 0 aliphatic carbocycles. The minimum atomic E-state index is -4.35. The summed E-state index contributed by atoms with van der Waals surface area (Å²) in [5, 5.41) is 0. The predicted octanol–water partition coefficient (Wildman–Crippen LogP) is 3.12. The standard InChI is InChI=1S/C16H20F3NO2/c17-16(18,19)14-4-2-1-3-13(14)15-10-20(6-8-22-15)9-12-5-7-21-11-12/h1-4,12,15H,5-11H2. The lowest BCUT2D eigenvalue weighted by molar-refractivity contribution is -0.140. The molecule has 0 bridgehead atoms. The van der Waals surface area contributed by atoms with Crippen molar-refractivity contribution in [3.8, 4) is 0 Å². The van der Waals surface area contributed by atoms with Gasteiger partial charge in [-0.1, -0.05) is 18.2 Å². The van der Waals surface area contributed by atoms with Crippen LogP contribution in [0.3, 0.4) is 0 Å². The molecule has 3 rings (SSSR count). The number of alkyl halides is 3. The first-order chi connectivity index (χ1) is 10.5. The van der Waals surface area contributed by atoms with Gasteiger partial charge in [0.15, 0.2) is 0 Å². The minimum absolute atomic E-state index is 0.238. The summed E-state index contributed by atoms with van der Waals surface area (Å²) in [6, 6.07) is 5.71. The van der Waals surface area contributed by atoms with Crippen molar-refractivity contribution in [2.75, 3.05) is 39.5 Å². The van der Waals surface area contributed by atoms with Crippen molar-refractivity contribution in [1.82, 2.24) is 4.90 Å². The largest absolute Gasteiger partial charge is 0.416 e. The van der Waals surface area contributed by atoms with Crippen LogP contribution >= 0.6 is 0 Å². The van der Waals surface area contributed by atoms with Crippen molar-refractivity contribution in [3.05, 3.63) is 35.4 Å². The van der Waals surface area contributed by atoms with Gasteiger partial charge in [-0.2, -0.15) is 13.2 Å². The van der Waals surface area contributed by atoms with Crippen LogP contribution in [-0.2, 0) is 15.7 Å². The number of nitrogens with zero attached hydrogens (tertiary/aromatic N) is 1. The van der Waals surface area contributed by atoms with Gasteiger partial charge in [-0.05, 0) is 24.0 Å². The highest BCUT2D eigenvalue weighted by molar-refractivity contribution is 5.32. The van der Waals surface area contributed by atoms with Gasteiger partial charge in [0.1, 0.15) is 0 Å². The Hall–Kier alpha value is -1.11. The zero-order chi connectivity index (χ0) is 15.6. The van der Waals surface area contributed by atoms with Gasteiger partial charge < -0.3 is 9.47 Å². The van der Waals surface area contributed by atoms with E-state index in [9.17, 15) is 13.2 Å². The molecule has 0 saturated carbocycles. The number of ether oxygens (including phenoxy) is 2. The molecule has 2 fully saturated rings. The second-order valence-electron chi connectivity index (χ2n) is 5.93. The fourth-order valence-electron chi connectivity index (χ4n) is 3.18. The SMILES string of the molecule is FC(F)(F)c1ccccc1C1CN(CC2CCOC2)CCO1. The summed E-state index contributed by atoms with van der Waals surface area (Å²) < 4.78 is 50.4. The quantitative estimate of drug-likeness (QED) is 0.855. The lowest BCUT2D eigenvalue weighted by Gasteiger charge is -2.35. The van der Waals surface area contributed by atoms with E-state index in [4.69, 9.17) is 9.47 Å². The number of halogens is 3. The molecule has 0 amide bonds. The number of hydrogen-bond acceptors (Lipinski definition) is 3. The first-order valence-electron chi connectivity index (χ1n) is 7.62. The average Bonchev–Trinajstić information content (AvgIpc) is 3.00. The van der Waals surface area contributed by atoms with Crippen LogP contribution in [0.4, 0.5) is 13.2 Å². The molecule has 0 aromatic heterocycles. The van der Waals surface area contributed by atoms with Crippen LogP contribution in [0.1, 0.15) is 23.7 Å². The molecule has 2 saturated heterocycles. The van der Waals surface area contributed by atoms with E-state index in [1.165, 1.54) is 12.1 Å². The third-order valence-electron chi connectivity index (χ3n) is 4.30. The highest BCUT2D eigenvalue weighted by Gasteiger charge is 2.36. The van der Waals surface area contributed by atoms with Crippen molar-refractivity contribution in [2.24, 2.45) is 5.92 Å². The van der Waals surface area contributed by atoms with Gasteiger partial charge >= 0.3 is 6.18 Å². The van der Waals surface area contributed by atoms with Crippen molar-refractivity contribution < 1.29 is 22.6 Å². The maximum atomic E-state index is 13.1. The van der Waals surface area contributed by atoms with Gasteiger partial charge in [0.05, 0.1) is 24.9 Å². The van der Waals surface area contributed by atoms with Crippen molar-refractivity contribution in [3.63, 3.8) is 0 Å². The Morgan fingerprint density at radius 3 is 2.73 bits per heavy atom. The molecule has 2 heterocycles. The zero-order valence-electron chi connectivity index (χ0n) is 12.3. The number of morpholine rings is 1. The van der Waals surface area contributed by atoms with Gasteiger partial charge in [0, 0.05) is 26.2 Å². The molecule has 2 atom stereocenters. The fourth-order valence-corrected chi connectivity index (χ4v) is 3.18. The maximum Gasteiger partial charge on any atom is 0.416 e. The maximum absolute atomic E-state index is 13.1. The van der Waals surface area contributed by atoms with E-state index in [2.05, 4.69) is 4.90 Å². The summed E-state index contributed by atoms with van der Waals surface area (Å²) in [4.78, 5) is 2.20.